The number of rotatable bonds is 7. The Hall–Kier alpha value is -2.46. The summed E-state index contributed by atoms with van der Waals surface area (Å²) in [5.74, 6) is 0.913. The van der Waals surface area contributed by atoms with Gasteiger partial charge < -0.3 is 20.3 Å². The molecule has 0 radical (unpaired) electrons. The lowest BCUT2D eigenvalue weighted by molar-refractivity contribution is 0.373. The molecule has 4 nitrogen and oxygen atoms in total. The highest BCUT2D eigenvalue weighted by Crippen LogP contribution is 2.26. The second-order valence-corrected chi connectivity index (χ2v) is 4.95. The topological polar surface area (TPSA) is 61.7 Å². The maximum atomic E-state index is 9.69. The molecule has 0 bridgehead atoms. The first-order valence-corrected chi connectivity index (χ1v) is 7.21. The van der Waals surface area contributed by atoms with Gasteiger partial charge in [0.25, 0.3) is 0 Å². The molecule has 0 aromatic heterocycles. The predicted molar refractivity (Wildman–Crippen MR) is 88.4 cm³/mol. The van der Waals surface area contributed by atoms with Crippen LogP contribution in [0, 0.1) is 0 Å². The molecule has 0 spiro atoms. The molecular formula is C18H21NO3. The van der Waals surface area contributed by atoms with E-state index in [0.29, 0.717) is 11.5 Å². The molecule has 0 amide bonds. The van der Waals surface area contributed by atoms with Crippen molar-refractivity contribution in [2.24, 2.45) is 0 Å². The molecule has 0 saturated heterocycles. The number of nitrogens with one attached hydrogen (secondary N) is 1. The normalized spacial score (nSPS) is 11.0. The standard InChI is InChI=1S/C18H21NO3/c1-22-18-9-6-15(13-17(18)21)3-2-11-19-12-10-14-4-7-16(20)8-5-14/h2-9,13,19-21H,10-12H2,1H3. The van der Waals surface area contributed by atoms with Crippen LogP contribution in [0.5, 0.6) is 17.2 Å². The number of methoxy groups -OCH3 is 1. The van der Waals surface area contributed by atoms with Gasteiger partial charge in [0.2, 0.25) is 0 Å². The van der Waals surface area contributed by atoms with Gasteiger partial charge in [0.05, 0.1) is 7.11 Å². The van der Waals surface area contributed by atoms with E-state index in [1.54, 1.807) is 24.3 Å². The molecule has 0 aliphatic heterocycles. The van der Waals surface area contributed by atoms with Crippen LogP contribution in [0.3, 0.4) is 0 Å². The van der Waals surface area contributed by atoms with Crippen LogP contribution in [0.25, 0.3) is 6.08 Å². The van der Waals surface area contributed by atoms with E-state index in [9.17, 15) is 10.2 Å². The first kappa shape index (κ1) is 15.9. The zero-order valence-electron chi connectivity index (χ0n) is 12.6. The number of phenolic OH excluding ortho intramolecular Hbond substituents is 2. The average molecular weight is 299 g/mol. The van der Waals surface area contributed by atoms with E-state index in [2.05, 4.69) is 5.32 Å². The lowest BCUT2D eigenvalue weighted by Gasteiger charge is -2.04. The molecule has 0 fully saturated rings. The van der Waals surface area contributed by atoms with E-state index in [0.717, 1.165) is 25.1 Å². The summed E-state index contributed by atoms with van der Waals surface area (Å²) >= 11 is 0. The van der Waals surface area contributed by atoms with Gasteiger partial charge in [0.1, 0.15) is 5.75 Å². The Labute approximate surface area is 130 Å². The lowest BCUT2D eigenvalue weighted by Crippen LogP contribution is -2.16. The summed E-state index contributed by atoms with van der Waals surface area (Å²) in [4.78, 5) is 0. The van der Waals surface area contributed by atoms with Crippen LogP contribution in [0.4, 0.5) is 0 Å². The summed E-state index contributed by atoms with van der Waals surface area (Å²) in [6.45, 7) is 1.62. The van der Waals surface area contributed by atoms with Gasteiger partial charge in [0.15, 0.2) is 11.5 Å². The fourth-order valence-electron chi connectivity index (χ4n) is 2.09. The third-order valence-corrected chi connectivity index (χ3v) is 3.30. The Bertz CT molecular complexity index is 621. The van der Waals surface area contributed by atoms with Crippen LogP contribution >= 0.6 is 0 Å². The number of benzene rings is 2. The van der Waals surface area contributed by atoms with Crippen LogP contribution in [0.2, 0.25) is 0 Å². The van der Waals surface area contributed by atoms with Gasteiger partial charge in [-0.05, 0) is 48.4 Å². The van der Waals surface area contributed by atoms with Crippen molar-refractivity contribution in [3.8, 4) is 17.2 Å². The Morgan fingerprint density at radius 1 is 1.09 bits per heavy atom. The summed E-state index contributed by atoms with van der Waals surface area (Å²) in [7, 11) is 1.53. The van der Waals surface area contributed by atoms with Crippen LogP contribution in [0.15, 0.2) is 48.5 Å². The highest BCUT2D eigenvalue weighted by Gasteiger charge is 1.99. The Balaban J connectivity index is 1.72. The van der Waals surface area contributed by atoms with Crippen molar-refractivity contribution in [1.82, 2.24) is 5.32 Å². The van der Waals surface area contributed by atoms with Crippen molar-refractivity contribution in [3.05, 3.63) is 59.7 Å². The average Bonchev–Trinajstić information content (AvgIpc) is 2.52. The Morgan fingerprint density at radius 2 is 1.86 bits per heavy atom. The molecule has 0 atom stereocenters. The first-order chi connectivity index (χ1) is 10.7. The van der Waals surface area contributed by atoms with Crippen molar-refractivity contribution in [3.63, 3.8) is 0 Å². The third-order valence-electron chi connectivity index (χ3n) is 3.30. The summed E-state index contributed by atoms with van der Waals surface area (Å²) in [5.41, 5.74) is 2.12. The van der Waals surface area contributed by atoms with Gasteiger partial charge in [-0.3, -0.25) is 0 Å². The number of phenols is 2. The minimum absolute atomic E-state index is 0.143. The molecule has 0 heterocycles. The van der Waals surface area contributed by atoms with E-state index in [4.69, 9.17) is 4.74 Å². The second kappa shape index (κ2) is 8.10. The van der Waals surface area contributed by atoms with Crippen LogP contribution in [0.1, 0.15) is 11.1 Å². The fraction of sp³-hybridized carbons (Fsp3) is 0.222. The quantitative estimate of drug-likeness (QED) is 0.688. The molecule has 2 aromatic rings. The highest BCUT2D eigenvalue weighted by molar-refractivity contribution is 5.55. The summed E-state index contributed by atoms with van der Waals surface area (Å²) in [6.07, 6.45) is 4.88. The predicted octanol–water partition coefficient (Wildman–Crippen LogP) is 2.95. The molecular weight excluding hydrogens is 278 g/mol. The van der Waals surface area contributed by atoms with Gasteiger partial charge in [-0.2, -0.15) is 0 Å². The zero-order chi connectivity index (χ0) is 15.8. The van der Waals surface area contributed by atoms with Crippen molar-refractivity contribution in [2.45, 2.75) is 6.42 Å². The molecule has 116 valence electrons. The Morgan fingerprint density at radius 3 is 2.55 bits per heavy atom. The van der Waals surface area contributed by atoms with Gasteiger partial charge in [0, 0.05) is 6.54 Å². The first-order valence-electron chi connectivity index (χ1n) is 7.21. The van der Waals surface area contributed by atoms with E-state index in [-0.39, 0.29) is 5.75 Å². The van der Waals surface area contributed by atoms with Gasteiger partial charge in [-0.15, -0.1) is 0 Å². The molecule has 0 unspecified atom stereocenters. The molecule has 4 heteroatoms. The van der Waals surface area contributed by atoms with Crippen LogP contribution < -0.4 is 10.1 Å². The molecule has 0 aliphatic rings. The molecule has 0 aliphatic carbocycles. The van der Waals surface area contributed by atoms with E-state index in [1.807, 2.05) is 30.4 Å². The van der Waals surface area contributed by atoms with E-state index >= 15 is 0 Å². The monoisotopic (exact) mass is 299 g/mol. The maximum Gasteiger partial charge on any atom is 0.160 e. The molecule has 2 aromatic carbocycles. The minimum atomic E-state index is 0.143. The molecule has 3 N–H and O–H groups in total. The van der Waals surface area contributed by atoms with Crippen molar-refractivity contribution in [1.29, 1.82) is 0 Å². The third kappa shape index (κ3) is 4.82. The van der Waals surface area contributed by atoms with E-state index in [1.165, 1.54) is 12.7 Å². The summed E-state index contributed by atoms with van der Waals surface area (Å²) < 4.78 is 5.00. The minimum Gasteiger partial charge on any atom is -0.508 e. The maximum absolute atomic E-state index is 9.69. The van der Waals surface area contributed by atoms with Crippen LogP contribution in [-0.4, -0.2) is 30.4 Å². The number of hydrogen-bond donors (Lipinski definition) is 3. The van der Waals surface area contributed by atoms with Gasteiger partial charge >= 0.3 is 0 Å². The van der Waals surface area contributed by atoms with Gasteiger partial charge in [-0.1, -0.05) is 30.4 Å². The SMILES string of the molecule is COc1ccc(C=CCNCCc2ccc(O)cc2)cc1O. The second-order valence-electron chi connectivity index (χ2n) is 4.95. The molecule has 0 saturated carbocycles. The fourth-order valence-corrected chi connectivity index (χ4v) is 2.09. The number of aromatic hydroxyl groups is 2. The smallest absolute Gasteiger partial charge is 0.160 e. The lowest BCUT2D eigenvalue weighted by atomic mass is 10.1. The summed E-state index contributed by atoms with van der Waals surface area (Å²) in [5, 5.41) is 22.2. The van der Waals surface area contributed by atoms with Gasteiger partial charge in [-0.25, -0.2) is 0 Å². The number of ether oxygens (including phenoxy) is 1. The largest absolute Gasteiger partial charge is 0.508 e. The molecule has 2 rings (SSSR count). The highest BCUT2D eigenvalue weighted by atomic mass is 16.5. The molecule has 22 heavy (non-hydrogen) atoms. The Kier molecular flexibility index (Phi) is 5.86. The van der Waals surface area contributed by atoms with Crippen molar-refractivity contribution >= 4 is 6.08 Å². The zero-order valence-corrected chi connectivity index (χ0v) is 12.6. The summed E-state index contributed by atoms with van der Waals surface area (Å²) in [6, 6.07) is 12.6. The number of hydrogen-bond acceptors (Lipinski definition) is 4. The van der Waals surface area contributed by atoms with Crippen LogP contribution in [-0.2, 0) is 6.42 Å². The van der Waals surface area contributed by atoms with Crippen molar-refractivity contribution < 1.29 is 14.9 Å². The van der Waals surface area contributed by atoms with Crippen molar-refractivity contribution in [2.75, 3.05) is 20.2 Å². The van der Waals surface area contributed by atoms with E-state index < -0.39 is 0 Å².